The van der Waals surface area contributed by atoms with E-state index in [9.17, 15) is 14.7 Å². The van der Waals surface area contributed by atoms with Crippen LogP contribution in [0.2, 0.25) is 5.02 Å². The number of hydrogen-bond donors (Lipinski definition) is 2. The lowest BCUT2D eigenvalue weighted by Crippen LogP contribution is -3.14. The molecule has 0 aromatic heterocycles. The average Bonchev–Trinajstić information content (AvgIpc) is 2.42. The van der Waals surface area contributed by atoms with Crippen LogP contribution in [-0.4, -0.2) is 31.5 Å². The van der Waals surface area contributed by atoms with Gasteiger partial charge in [0.2, 0.25) is 0 Å². The largest absolute Gasteiger partial charge is 0.550 e. The molecule has 0 atom stereocenters. The molecule has 0 bridgehead atoms. The van der Waals surface area contributed by atoms with Crippen LogP contribution in [0.3, 0.4) is 0 Å². The van der Waals surface area contributed by atoms with Crippen molar-refractivity contribution in [2.24, 2.45) is 5.92 Å². The van der Waals surface area contributed by atoms with Crippen molar-refractivity contribution in [3.05, 3.63) is 29.3 Å². The highest BCUT2D eigenvalue weighted by atomic mass is 35.5. The fourth-order valence-corrected chi connectivity index (χ4v) is 2.53. The van der Waals surface area contributed by atoms with Crippen molar-refractivity contribution in [1.29, 1.82) is 0 Å². The summed E-state index contributed by atoms with van der Waals surface area (Å²) < 4.78 is 0. The molecule has 2 N–H and O–H groups in total. The molecule has 0 saturated carbocycles. The minimum absolute atomic E-state index is 0.0748. The zero-order chi connectivity index (χ0) is 14.5. The number of quaternary nitrogens is 1. The Kier molecular flexibility index (Phi) is 4.98. The SMILES string of the molecule is O=C(C[NH+]1CCC(C(=O)[O-])CC1)Nc1ccc(Cl)cc1. The quantitative estimate of drug-likeness (QED) is 0.773. The van der Waals surface area contributed by atoms with Crippen LogP contribution in [0.4, 0.5) is 5.69 Å². The molecule has 1 aliphatic heterocycles. The van der Waals surface area contributed by atoms with Gasteiger partial charge in [0.25, 0.3) is 5.91 Å². The molecule has 5 nitrogen and oxygen atoms in total. The summed E-state index contributed by atoms with van der Waals surface area (Å²) in [5, 5.41) is 14.2. The number of halogens is 1. The summed E-state index contributed by atoms with van der Waals surface area (Å²) in [4.78, 5) is 23.7. The van der Waals surface area contributed by atoms with Crippen LogP contribution < -0.4 is 15.3 Å². The van der Waals surface area contributed by atoms with Gasteiger partial charge in [-0.05, 0) is 24.3 Å². The third kappa shape index (κ3) is 4.21. The Hall–Kier alpha value is -1.59. The van der Waals surface area contributed by atoms with Gasteiger partial charge in [0.15, 0.2) is 6.54 Å². The fraction of sp³-hybridized carbons (Fsp3) is 0.429. The Labute approximate surface area is 122 Å². The van der Waals surface area contributed by atoms with E-state index in [-0.39, 0.29) is 11.8 Å². The number of piperidine rings is 1. The number of carboxylic acids is 1. The minimum atomic E-state index is -0.977. The first-order chi connectivity index (χ1) is 9.54. The number of benzene rings is 1. The zero-order valence-electron chi connectivity index (χ0n) is 11.0. The van der Waals surface area contributed by atoms with Crippen molar-refractivity contribution < 1.29 is 19.6 Å². The van der Waals surface area contributed by atoms with Gasteiger partial charge in [0.05, 0.1) is 13.1 Å². The Morgan fingerprint density at radius 3 is 2.40 bits per heavy atom. The molecule has 108 valence electrons. The number of amides is 1. The lowest BCUT2D eigenvalue weighted by molar-refractivity contribution is -0.897. The van der Waals surface area contributed by atoms with Crippen molar-refractivity contribution in [3.8, 4) is 0 Å². The number of anilines is 1. The van der Waals surface area contributed by atoms with Crippen LogP contribution in [0.25, 0.3) is 0 Å². The highest BCUT2D eigenvalue weighted by Crippen LogP contribution is 2.13. The molecule has 6 heteroatoms. The number of rotatable bonds is 4. The van der Waals surface area contributed by atoms with E-state index in [4.69, 9.17) is 11.6 Å². The Morgan fingerprint density at radius 1 is 1.25 bits per heavy atom. The van der Waals surface area contributed by atoms with Crippen LogP contribution in [0.5, 0.6) is 0 Å². The summed E-state index contributed by atoms with van der Waals surface area (Å²) in [6, 6.07) is 6.93. The highest BCUT2D eigenvalue weighted by Gasteiger charge is 2.24. The van der Waals surface area contributed by atoms with Crippen LogP contribution in [0.15, 0.2) is 24.3 Å². The lowest BCUT2D eigenvalue weighted by Gasteiger charge is -2.29. The van der Waals surface area contributed by atoms with Crippen molar-refractivity contribution in [2.75, 3.05) is 25.0 Å². The molecule has 1 aromatic carbocycles. The number of carboxylic acid groups (broad SMARTS) is 1. The van der Waals surface area contributed by atoms with Crippen LogP contribution in [0.1, 0.15) is 12.8 Å². The fourth-order valence-electron chi connectivity index (χ4n) is 2.40. The third-order valence-electron chi connectivity index (χ3n) is 3.56. The molecule has 2 rings (SSSR count). The highest BCUT2D eigenvalue weighted by molar-refractivity contribution is 6.30. The molecule has 20 heavy (non-hydrogen) atoms. The molecule has 1 heterocycles. The van der Waals surface area contributed by atoms with Crippen molar-refractivity contribution in [2.45, 2.75) is 12.8 Å². The molecule has 0 aliphatic carbocycles. The van der Waals surface area contributed by atoms with Gasteiger partial charge < -0.3 is 20.1 Å². The van der Waals surface area contributed by atoms with Gasteiger partial charge in [-0.1, -0.05) is 11.6 Å². The maximum absolute atomic E-state index is 11.9. The standard InChI is InChI=1S/C14H17ClN2O3/c15-11-1-3-12(4-2-11)16-13(18)9-17-7-5-10(6-8-17)14(19)20/h1-4,10H,5-9H2,(H,16,18)(H,19,20). The first-order valence-corrected chi connectivity index (χ1v) is 7.02. The zero-order valence-corrected chi connectivity index (χ0v) is 11.8. The van der Waals surface area contributed by atoms with Gasteiger partial charge in [-0.3, -0.25) is 4.79 Å². The van der Waals surface area contributed by atoms with Gasteiger partial charge in [-0.25, -0.2) is 0 Å². The molecule has 1 amide bonds. The molecule has 1 aliphatic rings. The van der Waals surface area contributed by atoms with Crippen LogP contribution in [-0.2, 0) is 9.59 Å². The van der Waals surface area contributed by atoms with Crippen LogP contribution in [0, 0.1) is 5.92 Å². The average molecular weight is 297 g/mol. The van der Waals surface area contributed by atoms with Gasteiger partial charge in [-0.15, -0.1) is 0 Å². The molecule has 0 spiro atoms. The normalized spacial score (nSPS) is 22.2. The number of aliphatic carboxylic acids is 1. The van der Waals surface area contributed by atoms with Crippen molar-refractivity contribution in [1.82, 2.24) is 0 Å². The molecule has 1 fully saturated rings. The summed E-state index contributed by atoms with van der Waals surface area (Å²) in [5.74, 6) is -1.41. The van der Waals surface area contributed by atoms with E-state index in [1.807, 2.05) is 0 Å². The van der Waals surface area contributed by atoms with Gasteiger partial charge in [0, 0.05) is 35.4 Å². The van der Waals surface area contributed by atoms with E-state index in [2.05, 4.69) is 5.32 Å². The van der Waals surface area contributed by atoms with Crippen molar-refractivity contribution >= 4 is 29.2 Å². The predicted molar refractivity (Wildman–Crippen MR) is 73.4 cm³/mol. The second-order valence-electron chi connectivity index (χ2n) is 5.08. The Morgan fingerprint density at radius 2 is 1.85 bits per heavy atom. The van der Waals surface area contributed by atoms with Gasteiger partial charge >= 0.3 is 0 Å². The first-order valence-electron chi connectivity index (χ1n) is 6.64. The maximum Gasteiger partial charge on any atom is 0.279 e. The maximum atomic E-state index is 11.9. The molecule has 0 unspecified atom stereocenters. The topological polar surface area (TPSA) is 73.7 Å². The van der Waals surface area contributed by atoms with E-state index >= 15 is 0 Å². The molecular formula is C14H17ClN2O3. The van der Waals surface area contributed by atoms with Gasteiger partial charge in [0.1, 0.15) is 0 Å². The summed E-state index contributed by atoms with van der Waals surface area (Å²) >= 11 is 5.77. The number of hydrogen-bond acceptors (Lipinski definition) is 3. The summed E-state index contributed by atoms with van der Waals surface area (Å²) in [6.07, 6.45) is 1.15. The summed E-state index contributed by atoms with van der Waals surface area (Å²) in [6.45, 7) is 1.72. The smallest absolute Gasteiger partial charge is 0.279 e. The Bertz CT molecular complexity index is 482. The van der Waals surface area contributed by atoms with Crippen molar-refractivity contribution in [3.63, 3.8) is 0 Å². The summed E-state index contributed by atoms with van der Waals surface area (Å²) in [5.41, 5.74) is 0.712. The predicted octanol–water partition coefficient (Wildman–Crippen LogP) is -0.677. The first kappa shape index (κ1) is 14.8. The van der Waals surface area contributed by atoms with E-state index in [0.717, 1.165) is 4.90 Å². The number of carbonyl (C=O) groups excluding carboxylic acids is 2. The number of likely N-dealkylation sites (tertiary alicyclic amines) is 1. The molecule has 1 aromatic rings. The van der Waals surface area contributed by atoms with E-state index in [1.165, 1.54) is 0 Å². The second-order valence-corrected chi connectivity index (χ2v) is 5.51. The molecule has 1 saturated heterocycles. The summed E-state index contributed by atoms with van der Waals surface area (Å²) in [7, 11) is 0. The third-order valence-corrected chi connectivity index (χ3v) is 3.82. The van der Waals surface area contributed by atoms with Crippen LogP contribution >= 0.6 is 11.6 Å². The second kappa shape index (κ2) is 6.72. The molecular weight excluding hydrogens is 280 g/mol. The van der Waals surface area contributed by atoms with E-state index in [1.54, 1.807) is 24.3 Å². The number of carbonyl (C=O) groups is 2. The van der Waals surface area contributed by atoms with Gasteiger partial charge in [-0.2, -0.15) is 0 Å². The lowest BCUT2D eigenvalue weighted by atomic mass is 9.97. The van der Waals surface area contributed by atoms with E-state index < -0.39 is 5.97 Å². The molecule has 0 radical (unpaired) electrons. The minimum Gasteiger partial charge on any atom is -0.550 e. The Balaban J connectivity index is 1.78. The van der Waals surface area contributed by atoms with E-state index in [0.29, 0.717) is 43.2 Å². The number of nitrogens with one attached hydrogen (secondary N) is 2. The monoisotopic (exact) mass is 296 g/mol.